The molecule has 2 aromatic carbocycles. The molecule has 3 aromatic rings. The largest absolute Gasteiger partial charge is 0.494 e. The summed E-state index contributed by atoms with van der Waals surface area (Å²) in [7, 11) is -1.68. The predicted octanol–water partition coefficient (Wildman–Crippen LogP) is 5.89. The van der Waals surface area contributed by atoms with E-state index in [0.717, 1.165) is 60.5 Å². The van der Waals surface area contributed by atoms with Gasteiger partial charge in [-0.3, -0.25) is 4.98 Å². The second-order valence-electron chi connectivity index (χ2n) is 9.38. The molecule has 0 radical (unpaired) electrons. The maximum atomic E-state index is 13.9. The van der Waals surface area contributed by atoms with Crippen LogP contribution in [0.1, 0.15) is 39.0 Å². The Hall–Kier alpha value is -2.29. The molecule has 0 aliphatic carbocycles. The first kappa shape index (κ1) is 26.8. The molecule has 2 heterocycles. The number of piperazine rings is 1. The maximum absolute atomic E-state index is 13.9. The third-order valence-electron chi connectivity index (χ3n) is 6.77. The number of nitrogens with zero attached hydrogens (tertiary/aromatic N) is 3. The third kappa shape index (κ3) is 6.15. The standard InChI is InChI=1S/C28H37N3O3S2/c1-4-5-6-7-8-19-34-22-9-12-24(13-10-22)36(32,33)27-21-29-26-14-11-23(35-3)20-25(26)28(27)31-17-15-30(2)16-18-31/h9-14,20-21H,4-8,15-19H2,1-3H3. The van der Waals surface area contributed by atoms with Crippen LogP contribution in [-0.4, -0.2) is 64.4 Å². The third-order valence-corrected chi connectivity index (χ3v) is 9.27. The Morgan fingerprint density at radius 2 is 1.69 bits per heavy atom. The van der Waals surface area contributed by atoms with E-state index in [-0.39, 0.29) is 9.79 Å². The quantitative estimate of drug-likeness (QED) is 0.228. The number of sulfone groups is 1. The number of anilines is 1. The van der Waals surface area contributed by atoms with Crippen molar-refractivity contribution in [3.8, 4) is 5.75 Å². The van der Waals surface area contributed by atoms with E-state index >= 15 is 0 Å². The van der Waals surface area contributed by atoms with Crippen LogP contribution in [0.15, 0.2) is 63.3 Å². The van der Waals surface area contributed by atoms with Gasteiger partial charge in [0.2, 0.25) is 9.84 Å². The highest BCUT2D eigenvalue weighted by Crippen LogP contribution is 2.38. The second kappa shape index (κ2) is 12.3. The molecule has 0 bridgehead atoms. The predicted molar refractivity (Wildman–Crippen MR) is 149 cm³/mol. The van der Waals surface area contributed by atoms with E-state index in [1.807, 2.05) is 18.4 Å². The van der Waals surface area contributed by atoms with Gasteiger partial charge in [0.05, 0.1) is 22.7 Å². The highest BCUT2D eigenvalue weighted by molar-refractivity contribution is 7.98. The van der Waals surface area contributed by atoms with Gasteiger partial charge in [0, 0.05) is 42.7 Å². The molecule has 8 heteroatoms. The van der Waals surface area contributed by atoms with Gasteiger partial charge < -0.3 is 14.5 Å². The summed E-state index contributed by atoms with van der Waals surface area (Å²) in [4.78, 5) is 10.6. The van der Waals surface area contributed by atoms with E-state index in [1.54, 1.807) is 36.0 Å². The average molecular weight is 528 g/mol. The van der Waals surface area contributed by atoms with Gasteiger partial charge in [-0.25, -0.2) is 8.42 Å². The Balaban J connectivity index is 1.64. The van der Waals surface area contributed by atoms with Crippen molar-refractivity contribution in [1.82, 2.24) is 9.88 Å². The van der Waals surface area contributed by atoms with Crippen LogP contribution in [0.4, 0.5) is 5.69 Å². The Morgan fingerprint density at radius 3 is 2.39 bits per heavy atom. The van der Waals surface area contributed by atoms with E-state index in [2.05, 4.69) is 34.8 Å². The Kier molecular flexibility index (Phi) is 9.14. The number of thioether (sulfide) groups is 1. The number of aromatic nitrogens is 1. The van der Waals surface area contributed by atoms with Gasteiger partial charge in [-0.2, -0.15) is 0 Å². The van der Waals surface area contributed by atoms with Crippen LogP contribution in [0.5, 0.6) is 5.75 Å². The summed E-state index contributed by atoms with van der Waals surface area (Å²) in [5, 5.41) is 0.885. The minimum atomic E-state index is -3.78. The first-order valence-corrected chi connectivity index (χ1v) is 15.5. The van der Waals surface area contributed by atoms with Gasteiger partial charge in [0.15, 0.2) is 0 Å². The van der Waals surface area contributed by atoms with Crippen LogP contribution >= 0.6 is 11.8 Å². The highest BCUT2D eigenvalue weighted by Gasteiger charge is 2.28. The van der Waals surface area contributed by atoms with Gasteiger partial charge in [0.25, 0.3) is 0 Å². The van der Waals surface area contributed by atoms with Gasteiger partial charge in [-0.1, -0.05) is 32.6 Å². The van der Waals surface area contributed by atoms with E-state index < -0.39 is 9.84 Å². The highest BCUT2D eigenvalue weighted by atomic mass is 32.2. The van der Waals surface area contributed by atoms with Crippen LogP contribution in [0.25, 0.3) is 10.9 Å². The van der Waals surface area contributed by atoms with Crippen LogP contribution in [0.3, 0.4) is 0 Å². The Morgan fingerprint density at radius 1 is 0.972 bits per heavy atom. The van der Waals surface area contributed by atoms with Gasteiger partial charge in [-0.05, 0) is 62.2 Å². The van der Waals surface area contributed by atoms with Crippen molar-refractivity contribution in [2.45, 2.75) is 53.7 Å². The van der Waals surface area contributed by atoms with Crippen LogP contribution in [0, 0.1) is 0 Å². The summed E-state index contributed by atoms with van der Waals surface area (Å²) in [5.74, 6) is 0.699. The number of rotatable bonds is 11. The van der Waals surface area contributed by atoms with Crippen molar-refractivity contribution in [1.29, 1.82) is 0 Å². The molecule has 194 valence electrons. The average Bonchev–Trinajstić information content (AvgIpc) is 2.90. The molecule has 0 spiro atoms. The fourth-order valence-electron chi connectivity index (χ4n) is 4.56. The first-order chi connectivity index (χ1) is 17.4. The number of ether oxygens (including phenoxy) is 1. The van der Waals surface area contributed by atoms with Crippen molar-refractivity contribution in [2.75, 3.05) is 51.0 Å². The Labute approximate surface area is 220 Å². The summed E-state index contributed by atoms with van der Waals surface area (Å²) < 4.78 is 33.7. The van der Waals surface area contributed by atoms with Crippen molar-refractivity contribution in [3.05, 3.63) is 48.7 Å². The molecule has 0 saturated carbocycles. The van der Waals surface area contributed by atoms with E-state index in [0.29, 0.717) is 12.4 Å². The topological polar surface area (TPSA) is 62.7 Å². The van der Waals surface area contributed by atoms with E-state index in [4.69, 9.17) is 4.74 Å². The molecule has 0 unspecified atom stereocenters. The molecule has 1 aromatic heterocycles. The second-order valence-corrected chi connectivity index (χ2v) is 12.2. The smallest absolute Gasteiger partial charge is 0.210 e. The fraction of sp³-hybridized carbons (Fsp3) is 0.464. The lowest BCUT2D eigenvalue weighted by Gasteiger charge is -2.35. The molecule has 36 heavy (non-hydrogen) atoms. The van der Waals surface area contributed by atoms with Crippen molar-refractivity contribution in [3.63, 3.8) is 0 Å². The molecular weight excluding hydrogens is 490 g/mol. The van der Waals surface area contributed by atoms with Crippen LogP contribution in [0.2, 0.25) is 0 Å². The minimum absolute atomic E-state index is 0.260. The summed E-state index contributed by atoms with van der Waals surface area (Å²) in [6.45, 7) is 6.16. The van der Waals surface area contributed by atoms with Gasteiger partial charge in [-0.15, -0.1) is 11.8 Å². The number of benzene rings is 2. The number of hydrogen-bond donors (Lipinski definition) is 0. The molecule has 1 aliphatic heterocycles. The minimum Gasteiger partial charge on any atom is -0.494 e. The van der Waals surface area contributed by atoms with Crippen LogP contribution < -0.4 is 9.64 Å². The Bertz CT molecular complexity index is 1260. The number of fused-ring (bicyclic) bond motifs is 1. The van der Waals surface area contributed by atoms with Gasteiger partial charge in [0.1, 0.15) is 10.6 Å². The molecule has 0 amide bonds. The summed E-state index contributed by atoms with van der Waals surface area (Å²) in [6, 6.07) is 12.9. The summed E-state index contributed by atoms with van der Waals surface area (Å²) >= 11 is 1.64. The molecule has 4 rings (SSSR count). The normalized spacial score (nSPS) is 14.9. The first-order valence-electron chi connectivity index (χ1n) is 12.8. The molecule has 1 aliphatic rings. The SMILES string of the molecule is CCCCCCCOc1ccc(S(=O)(=O)c2cnc3ccc(SC)cc3c2N2CCN(C)CC2)cc1. The lowest BCUT2D eigenvalue weighted by atomic mass is 10.1. The summed E-state index contributed by atoms with van der Waals surface area (Å²) in [6.07, 6.45) is 9.43. The van der Waals surface area contributed by atoms with Crippen LogP contribution in [-0.2, 0) is 9.84 Å². The van der Waals surface area contributed by atoms with Crippen molar-refractivity contribution < 1.29 is 13.2 Å². The fourth-order valence-corrected chi connectivity index (χ4v) is 6.43. The molecule has 6 nitrogen and oxygen atoms in total. The van der Waals surface area contributed by atoms with Crippen molar-refractivity contribution >= 4 is 38.2 Å². The van der Waals surface area contributed by atoms with E-state index in [1.165, 1.54) is 25.5 Å². The zero-order valence-corrected chi connectivity index (χ0v) is 23.2. The molecular formula is C28H37N3O3S2. The zero-order chi connectivity index (χ0) is 25.5. The molecule has 1 saturated heterocycles. The van der Waals surface area contributed by atoms with E-state index in [9.17, 15) is 8.42 Å². The molecule has 0 N–H and O–H groups in total. The number of pyridine rings is 1. The molecule has 1 fully saturated rings. The summed E-state index contributed by atoms with van der Waals surface area (Å²) in [5.41, 5.74) is 1.57. The lowest BCUT2D eigenvalue weighted by Crippen LogP contribution is -2.45. The van der Waals surface area contributed by atoms with Crippen molar-refractivity contribution in [2.24, 2.45) is 0 Å². The van der Waals surface area contributed by atoms with Gasteiger partial charge >= 0.3 is 0 Å². The maximum Gasteiger partial charge on any atom is 0.210 e. The number of likely N-dealkylation sites (N-methyl/N-ethyl adjacent to an activating group) is 1. The number of unbranched alkanes of at least 4 members (excludes halogenated alkanes) is 4. The molecule has 0 atom stereocenters. The zero-order valence-electron chi connectivity index (χ0n) is 21.6. The lowest BCUT2D eigenvalue weighted by molar-refractivity contribution is 0.304. The number of hydrogen-bond acceptors (Lipinski definition) is 7. The monoisotopic (exact) mass is 527 g/mol.